The highest BCUT2D eigenvalue weighted by Crippen LogP contribution is 2.26. The number of aliphatic hydroxyl groups is 1. The molecule has 2 atom stereocenters. The number of aromatic nitrogens is 1. The Morgan fingerprint density at radius 2 is 2.07 bits per heavy atom. The van der Waals surface area contributed by atoms with Crippen LogP contribution in [0.4, 0.5) is 0 Å². The highest BCUT2D eigenvalue weighted by atomic mass is 32.1. The van der Waals surface area contributed by atoms with Gasteiger partial charge in [-0.15, -0.1) is 11.3 Å². The first-order valence-electron chi connectivity index (χ1n) is 9.51. The smallest absolute Gasteiger partial charge is 0.222 e. The molecule has 1 fully saturated rings. The van der Waals surface area contributed by atoms with Crippen LogP contribution in [0.3, 0.4) is 0 Å². The minimum absolute atomic E-state index is 0.0806. The normalized spacial score (nSPS) is 19.7. The van der Waals surface area contributed by atoms with Gasteiger partial charge in [0.2, 0.25) is 5.91 Å². The maximum Gasteiger partial charge on any atom is 0.222 e. The molecule has 0 aliphatic carbocycles. The minimum atomic E-state index is -0.460. The second-order valence-corrected chi connectivity index (χ2v) is 8.28. The van der Waals surface area contributed by atoms with Crippen LogP contribution in [0.15, 0.2) is 54.0 Å². The lowest BCUT2D eigenvalue weighted by atomic mass is 9.94. The number of fused-ring (bicyclic) bond motifs is 1. The molecule has 0 radical (unpaired) electrons. The summed E-state index contributed by atoms with van der Waals surface area (Å²) in [6.07, 6.45) is 4.50. The first-order chi connectivity index (χ1) is 13.2. The molecule has 4 rings (SSSR count). The Balaban J connectivity index is 1.35. The van der Waals surface area contributed by atoms with Crippen LogP contribution in [-0.4, -0.2) is 40.1 Å². The summed E-state index contributed by atoms with van der Waals surface area (Å²) in [5.74, 6) is 0.241. The number of β-amino-alcohol motifs (C(OH)–C–C–N with tert-alkyl or cyclic N) is 1. The van der Waals surface area contributed by atoms with E-state index in [-0.39, 0.29) is 11.8 Å². The number of likely N-dealkylation sites (tertiary alicyclic amines) is 1. The number of nitrogens with zero attached hydrogens (tertiary/aromatic N) is 2. The van der Waals surface area contributed by atoms with Gasteiger partial charge in [-0.3, -0.25) is 9.78 Å². The summed E-state index contributed by atoms with van der Waals surface area (Å²) < 4.78 is 0. The summed E-state index contributed by atoms with van der Waals surface area (Å²) in [6, 6.07) is 14.3. The monoisotopic (exact) mass is 380 g/mol. The average Bonchev–Trinajstić information content (AvgIpc) is 3.32. The largest absolute Gasteiger partial charge is 0.391 e. The van der Waals surface area contributed by atoms with Gasteiger partial charge in [0.15, 0.2) is 0 Å². The first kappa shape index (κ1) is 18.1. The van der Waals surface area contributed by atoms with Gasteiger partial charge in [-0.2, -0.15) is 0 Å². The van der Waals surface area contributed by atoms with Crippen molar-refractivity contribution < 1.29 is 9.90 Å². The second-order valence-electron chi connectivity index (χ2n) is 7.25. The van der Waals surface area contributed by atoms with Crippen LogP contribution >= 0.6 is 11.3 Å². The van der Waals surface area contributed by atoms with Gasteiger partial charge >= 0.3 is 0 Å². The lowest BCUT2D eigenvalue weighted by Crippen LogP contribution is -2.29. The zero-order valence-corrected chi connectivity index (χ0v) is 16.1. The summed E-state index contributed by atoms with van der Waals surface area (Å²) in [4.78, 5) is 20.1. The van der Waals surface area contributed by atoms with Crippen molar-refractivity contribution in [3.63, 3.8) is 0 Å². The van der Waals surface area contributed by atoms with E-state index in [4.69, 9.17) is 0 Å². The predicted octanol–water partition coefficient (Wildman–Crippen LogP) is 3.68. The summed E-state index contributed by atoms with van der Waals surface area (Å²) in [6.45, 7) is 1.08. The van der Waals surface area contributed by atoms with E-state index in [1.165, 1.54) is 10.4 Å². The number of amides is 1. The number of hydrogen-bond donors (Lipinski definition) is 1. The van der Waals surface area contributed by atoms with Crippen molar-refractivity contribution in [1.29, 1.82) is 0 Å². The Labute approximate surface area is 163 Å². The standard InChI is InChI=1S/C22H24N2O2S/c25-21-15-24(22(26)9-3-5-18-6-4-12-27-18)14-17(21)13-16-10-11-23-20-8-2-1-7-19(16)20/h1-2,4,6-8,10-12,17,21,25H,3,5,9,13-15H2/t17-,21+/m1/s1. The van der Waals surface area contributed by atoms with Gasteiger partial charge in [-0.25, -0.2) is 0 Å². The highest BCUT2D eigenvalue weighted by molar-refractivity contribution is 7.09. The zero-order chi connectivity index (χ0) is 18.6. The van der Waals surface area contributed by atoms with E-state index in [9.17, 15) is 9.90 Å². The van der Waals surface area contributed by atoms with Crippen LogP contribution < -0.4 is 0 Å². The summed E-state index contributed by atoms with van der Waals surface area (Å²) in [5.41, 5.74) is 2.17. The number of para-hydroxylation sites is 1. The van der Waals surface area contributed by atoms with Crippen LogP contribution in [0.25, 0.3) is 10.9 Å². The molecule has 5 heteroatoms. The van der Waals surface area contributed by atoms with E-state index in [0.29, 0.717) is 19.5 Å². The summed E-state index contributed by atoms with van der Waals surface area (Å²) in [7, 11) is 0. The molecular weight excluding hydrogens is 356 g/mol. The van der Waals surface area contributed by atoms with Crippen LogP contribution in [0.2, 0.25) is 0 Å². The molecule has 1 saturated heterocycles. The van der Waals surface area contributed by atoms with Crippen molar-refractivity contribution in [2.75, 3.05) is 13.1 Å². The number of benzene rings is 1. The Kier molecular flexibility index (Phi) is 5.50. The molecule has 27 heavy (non-hydrogen) atoms. The van der Waals surface area contributed by atoms with Crippen molar-refractivity contribution in [2.24, 2.45) is 5.92 Å². The first-order valence-corrected chi connectivity index (χ1v) is 10.4. The Hall–Kier alpha value is -2.24. The van der Waals surface area contributed by atoms with E-state index in [0.717, 1.165) is 30.2 Å². The van der Waals surface area contributed by atoms with E-state index < -0.39 is 6.10 Å². The zero-order valence-electron chi connectivity index (χ0n) is 15.3. The van der Waals surface area contributed by atoms with Crippen LogP contribution in [-0.2, 0) is 17.6 Å². The molecule has 0 saturated carbocycles. The molecule has 1 aromatic carbocycles. The third-order valence-corrected chi connectivity index (χ3v) is 6.31. The number of thiophene rings is 1. The maximum atomic E-state index is 12.5. The molecule has 4 nitrogen and oxygen atoms in total. The topological polar surface area (TPSA) is 53.4 Å². The molecule has 1 amide bonds. The molecule has 3 aromatic rings. The lowest BCUT2D eigenvalue weighted by Gasteiger charge is -2.16. The van der Waals surface area contributed by atoms with Crippen molar-refractivity contribution >= 4 is 28.1 Å². The lowest BCUT2D eigenvalue weighted by molar-refractivity contribution is -0.130. The molecular formula is C22H24N2O2S. The van der Waals surface area contributed by atoms with Crippen LogP contribution in [0.5, 0.6) is 0 Å². The molecule has 2 aromatic heterocycles. The Bertz CT molecular complexity index is 904. The molecule has 1 aliphatic heterocycles. The number of aliphatic hydroxyl groups excluding tert-OH is 1. The molecule has 3 heterocycles. The van der Waals surface area contributed by atoms with Gasteiger partial charge in [-0.05, 0) is 48.4 Å². The number of carbonyl (C=O) groups excluding carboxylic acids is 1. The number of rotatable bonds is 6. The Morgan fingerprint density at radius 3 is 2.93 bits per heavy atom. The van der Waals surface area contributed by atoms with E-state index in [2.05, 4.69) is 22.5 Å². The molecule has 140 valence electrons. The van der Waals surface area contributed by atoms with Gasteiger partial charge in [0.05, 0.1) is 11.6 Å². The average molecular weight is 381 g/mol. The number of carbonyl (C=O) groups is 1. The molecule has 0 unspecified atom stereocenters. The second kappa shape index (κ2) is 8.19. The van der Waals surface area contributed by atoms with Crippen molar-refractivity contribution in [3.8, 4) is 0 Å². The van der Waals surface area contributed by atoms with Crippen LogP contribution in [0, 0.1) is 5.92 Å². The van der Waals surface area contributed by atoms with Gasteiger partial charge in [0, 0.05) is 41.9 Å². The highest BCUT2D eigenvalue weighted by Gasteiger charge is 2.33. The fourth-order valence-electron chi connectivity index (χ4n) is 3.90. The number of hydrogen-bond acceptors (Lipinski definition) is 4. The van der Waals surface area contributed by atoms with Gasteiger partial charge in [-0.1, -0.05) is 24.3 Å². The van der Waals surface area contributed by atoms with E-state index >= 15 is 0 Å². The minimum Gasteiger partial charge on any atom is -0.391 e. The van der Waals surface area contributed by atoms with E-state index in [1.807, 2.05) is 41.4 Å². The van der Waals surface area contributed by atoms with Crippen LogP contribution in [0.1, 0.15) is 23.3 Å². The fraction of sp³-hybridized carbons (Fsp3) is 0.364. The van der Waals surface area contributed by atoms with Crippen molar-refractivity contribution in [2.45, 2.75) is 31.8 Å². The molecule has 1 aliphatic rings. The number of pyridine rings is 1. The Morgan fingerprint density at radius 1 is 1.19 bits per heavy atom. The molecule has 0 bridgehead atoms. The quantitative estimate of drug-likeness (QED) is 0.710. The third-order valence-electron chi connectivity index (χ3n) is 5.37. The number of aryl methyl sites for hydroxylation is 1. The van der Waals surface area contributed by atoms with E-state index in [1.54, 1.807) is 11.3 Å². The SMILES string of the molecule is O=C(CCCc1cccs1)N1C[C@@H](Cc2ccnc3ccccc23)[C@@H](O)C1. The molecule has 0 spiro atoms. The van der Waals surface area contributed by atoms with Crippen molar-refractivity contribution in [1.82, 2.24) is 9.88 Å². The summed E-state index contributed by atoms with van der Waals surface area (Å²) >= 11 is 1.74. The fourth-order valence-corrected chi connectivity index (χ4v) is 4.65. The van der Waals surface area contributed by atoms with Gasteiger partial charge < -0.3 is 10.0 Å². The predicted molar refractivity (Wildman–Crippen MR) is 109 cm³/mol. The van der Waals surface area contributed by atoms with Gasteiger partial charge in [0.25, 0.3) is 0 Å². The van der Waals surface area contributed by atoms with Crippen molar-refractivity contribution in [3.05, 3.63) is 64.5 Å². The summed E-state index contributed by atoms with van der Waals surface area (Å²) in [5, 5.41) is 13.7. The van der Waals surface area contributed by atoms with Gasteiger partial charge in [0.1, 0.15) is 0 Å². The third kappa shape index (κ3) is 4.20. The maximum absolute atomic E-state index is 12.5. The molecule has 1 N–H and O–H groups in total.